The van der Waals surface area contributed by atoms with Crippen LogP contribution in [0.4, 0.5) is 0 Å². The molecule has 0 unspecified atom stereocenters. The molecule has 3 heterocycles. The minimum Gasteiger partial charge on any atom is -0.460 e. The van der Waals surface area contributed by atoms with E-state index >= 15 is 0 Å². The van der Waals surface area contributed by atoms with Crippen molar-refractivity contribution in [3.05, 3.63) is 47.7 Å². The van der Waals surface area contributed by atoms with Gasteiger partial charge in [-0.2, -0.15) is 5.10 Å². The third-order valence-corrected chi connectivity index (χ3v) is 4.84. The molecule has 1 aliphatic heterocycles. The predicted molar refractivity (Wildman–Crippen MR) is 87.2 cm³/mol. The second-order valence-corrected chi connectivity index (χ2v) is 6.66. The van der Waals surface area contributed by atoms with E-state index in [1.54, 1.807) is 0 Å². The van der Waals surface area contributed by atoms with E-state index in [0.29, 0.717) is 5.92 Å². The maximum absolute atomic E-state index is 5.95. The number of hydrogen-bond acceptors (Lipinski definition) is 4. The Morgan fingerprint density at radius 2 is 2.04 bits per heavy atom. The first kappa shape index (κ1) is 13.3. The summed E-state index contributed by atoms with van der Waals surface area (Å²) < 4.78 is 8.07. The lowest BCUT2D eigenvalue weighted by Gasteiger charge is -2.17. The van der Waals surface area contributed by atoms with Crippen molar-refractivity contribution in [2.24, 2.45) is 0 Å². The minimum atomic E-state index is 0.640. The Morgan fingerprint density at radius 3 is 2.91 bits per heavy atom. The molecule has 1 aromatic carbocycles. The molecule has 118 valence electrons. The highest BCUT2D eigenvalue weighted by Gasteiger charge is 2.29. The highest BCUT2D eigenvalue weighted by Crippen LogP contribution is 2.38. The minimum absolute atomic E-state index is 0.640. The summed E-state index contributed by atoms with van der Waals surface area (Å²) in [7, 11) is 0. The van der Waals surface area contributed by atoms with Gasteiger partial charge in [0.2, 0.25) is 0 Å². The molecule has 0 N–H and O–H groups in total. The van der Waals surface area contributed by atoms with E-state index < -0.39 is 0 Å². The van der Waals surface area contributed by atoms with Gasteiger partial charge in [-0.1, -0.05) is 18.2 Å². The van der Waals surface area contributed by atoms with Crippen LogP contribution in [0.2, 0.25) is 0 Å². The highest BCUT2D eigenvalue weighted by molar-refractivity contribution is 5.77. The first-order chi connectivity index (χ1) is 11.3. The maximum Gasteiger partial charge on any atom is 0.154 e. The van der Waals surface area contributed by atoms with Gasteiger partial charge in [0, 0.05) is 30.8 Å². The summed E-state index contributed by atoms with van der Waals surface area (Å²) in [6, 6.07) is 10.4. The monoisotopic (exact) mass is 308 g/mol. The largest absolute Gasteiger partial charge is 0.460 e. The third kappa shape index (κ3) is 2.55. The molecule has 2 aromatic heterocycles. The molecule has 1 fully saturated rings. The third-order valence-electron chi connectivity index (χ3n) is 4.84. The van der Waals surface area contributed by atoms with Crippen LogP contribution in [0, 0.1) is 0 Å². The van der Waals surface area contributed by atoms with Gasteiger partial charge >= 0.3 is 0 Å². The fraction of sp³-hybridized carbons (Fsp3) is 0.444. The molecule has 0 atom stereocenters. The summed E-state index contributed by atoms with van der Waals surface area (Å²) in [5.74, 6) is 3.91. The summed E-state index contributed by atoms with van der Waals surface area (Å²) in [6.45, 7) is 3.79. The molecular formula is C18H20N4O. The summed E-state index contributed by atoms with van der Waals surface area (Å²) in [6.07, 6.45) is 3.50. The van der Waals surface area contributed by atoms with Crippen LogP contribution in [0.25, 0.3) is 11.0 Å². The normalized spacial score (nSPS) is 19.0. The molecule has 0 spiro atoms. The topological polar surface area (TPSA) is 47.1 Å². The first-order valence-corrected chi connectivity index (χ1v) is 8.48. The molecular weight excluding hydrogens is 288 g/mol. The second-order valence-electron chi connectivity index (χ2n) is 6.66. The molecule has 0 bridgehead atoms. The molecule has 5 nitrogen and oxygen atoms in total. The van der Waals surface area contributed by atoms with E-state index in [2.05, 4.69) is 27.8 Å². The van der Waals surface area contributed by atoms with Crippen molar-refractivity contribution < 1.29 is 4.42 Å². The number of furan rings is 1. The van der Waals surface area contributed by atoms with E-state index in [-0.39, 0.29) is 0 Å². The first-order valence-electron chi connectivity index (χ1n) is 8.48. The van der Waals surface area contributed by atoms with Gasteiger partial charge in [0.25, 0.3) is 0 Å². The van der Waals surface area contributed by atoms with E-state index in [9.17, 15) is 0 Å². The van der Waals surface area contributed by atoms with Gasteiger partial charge < -0.3 is 4.42 Å². The van der Waals surface area contributed by atoms with Crippen LogP contribution in [0.15, 0.2) is 34.7 Å². The van der Waals surface area contributed by atoms with Crippen molar-refractivity contribution in [3.8, 4) is 0 Å². The fourth-order valence-corrected chi connectivity index (χ4v) is 3.37. The van der Waals surface area contributed by atoms with Crippen molar-refractivity contribution >= 4 is 11.0 Å². The van der Waals surface area contributed by atoms with Crippen LogP contribution in [0.3, 0.4) is 0 Å². The molecule has 1 saturated carbocycles. The maximum atomic E-state index is 5.95. The Hall–Kier alpha value is -2.14. The number of benzene rings is 1. The number of aromatic nitrogens is 3. The summed E-state index contributed by atoms with van der Waals surface area (Å²) in [4.78, 5) is 7.19. The van der Waals surface area contributed by atoms with Gasteiger partial charge in [0.05, 0.1) is 13.1 Å². The summed E-state index contributed by atoms with van der Waals surface area (Å²) >= 11 is 0. The molecule has 5 rings (SSSR count). The zero-order valence-corrected chi connectivity index (χ0v) is 13.1. The van der Waals surface area contributed by atoms with Crippen molar-refractivity contribution in [2.75, 3.05) is 13.1 Å². The van der Waals surface area contributed by atoms with Crippen LogP contribution in [0.1, 0.15) is 36.2 Å². The number of hydrogen-bond donors (Lipinski definition) is 0. The number of nitrogens with zero attached hydrogens (tertiary/aromatic N) is 4. The lowest BCUT2D eigenvalue weighted by atomic mass is 10.2. The molecule has 1 aliphatic carbocycles. The van der Waals surface area contributed by atoms with Crippen LogP contribution in [-0.2, 0) is 19.5 Å². The van der Waals surface area contributed by atoms with Crippen LogP contribution >= 0.6 is 0 Å². The van der Waals surface area contributed by atoms with Gasteiger partial charge in [-0.15, -0.1) is 0 Å². The summed E-state index contributed by atoms with van der Waals surface area (Å²) in [5, 5.41) is 5.89. The zero-order valence-electron chi connectivity index (χ0n) is 13.1. The number of fused-ring (bicyclic) bond motifs is 2. The van der Waals surface area contributed by atoms with Gasteiger partial charge in [-0.3, -0.25) is 4.90 Å². The Kier molecular flexibility index (Phi) is 3.01. The van der Waals surface area contributed by atoms with E-state index in [0.717, 1.165) is 55.6 Å². The highest BCUT2D eigenvalue weighted by atomic mass is 16.3. The standard InChI is InChI=1S/C18H20N4O/c1-2-4-16-14(3-1)11-15(23-16)12-21-8-7-17-19-18(13-5-6-13)20-22(17)10-9-21/h1-4,11,13H,5-10,12H2. The fourth-order valence-electron chi connectivity index (χ4n) is 3.37. The van der Waals surface area contributed by atoms with Gasteiger partial charge in [-0.25, -0.2) is 9.67 Å². The number of rotatable bonds is 3. The second kappa shape index (κ2) is 5.20. The molecule has 0 radical (unpaired) electrons. The lowest BCUT2D eigenvalue weighted by molar-refractivity contribution is 0.249. The average molecular weight is 308 g/mol. The van der Waals surface area contributed by atoms with Crippen molar-refractivity contribution in [1.29, 1.82) is 0 Å². The molecule has 2 aliphatic rings. The Balaban J connectivity index is 1.30. The molecule has 0 amide bonds. The van der Waals surface area contributed by atoms with E-state index in [1.807, 2.05) is 12.1 Å². The van der Waals surface area contributed by atoms with E-state index in [4.69, 9.17) is 14.5 Å². The summed E-state index contributed by atoms with van der Waals surface area (Å²) in [5.41, 5.74) is 0.973. The molecule has 0 saturated heterocycles. The SMILES string of the molecule is c1ccc2oc(CN3CCc4nc(C5CC5)nn4CC3)cc2c1. The van der Waals surface area contributed by atoms with Crippen LogP contribution in [-0.4, -0.2) is 32.8 Å². The molecule has 3 aromatic rings. The van der Waals surface area contributed by atoms with Crippen LogP contribution < -0.4 is 0 Å². The van der Waals surface area contributed by atoms with Crippen molar-refractivity contribution in [3.63, 3.8) is 0 Å². The Bertz CT molecular complexity index is 787. The molecule has 5 heteroatoms. The van der Waals surface area contributed by atoms with Gasteiger partial charge in [0.15, 0.2) is 5.82 Å². The van der Waals surface area contributed by atoms with Gasteiger partial charge in [0.1, 0.15) is 17.2 Å². The van der Waals surface area contributed by atoms with Crippen LogP contribution in [0.5, 0.6) is 0 Å². The average Bonchev–Trinajstić information content (AvgIpc) is 3.25. The Labute approximate surface area is 134 Å². The Morgan fingerprint density at radius 1 is 1.13 bits per heavy atom. The smallest absolute Gasteiger partial charge is 0.154 e. The predicted octanol–water partition coefficient (Wildman–Crippen LogP) is 2.96. The zero-order chi connectivity index (χ0) is 15.2. The van der Waals surface area contributed by atoms with Crippen molar-refractivity contribution in [1.82, 2.24) is 19.7 Å². The van der Waals surface area contributed by atoms with Gasteiger partial charge in [-0.05, 0) is 25.0 Å². The van der Waals surface area contributed by atoms with E-state index in [1.165, 1.54) is 18.2 Å². The lowest BCUT2D eigenvalue weighted by Crippen LogP contribution is -2.26. The van der Waals surface area contributed by atoms with Crippen molar-refractivity contribution in [2.45, 2.75) is 38.3 Å². The number of para-hydroxylation sites is 1. The molecule has 23 heavy (non-hydrogen) atoms. The quantitative estimate of drug-likeness (QED) is 0.746.